The van der Waals surface area contributed by atoms with Gasteiger partial charge in [-0.3, -0.25) is 0 Å². The first-order valence-corrected chi connectivity index (χ1v) is 11.4. The molecule has 0 saturated carbocycles. The molecule has 1 amide bonds. The van der Waals surface area contributed by atoms with E-state index in [9.17, 15) is 4.79 Å². The number of rotatable bonds is 8. The number of benzene rings is 1. The molecule has 0 bridgehead atoms. The number of aromatic nitrogens is 1. The first kappa shape index (κ1) is 28.2. The highest BCUT2D eigenvalue weighted by atomic mass is 127. The molecule has 0 aliphatic carbocycles. The highest BCUT2D eigenvalue weighted by molar-refractivity contribution is 14.0. The third-order valence-electron chi connectivity index (χ3n) is 4.21. The maximum atomic E-state index is 12.1. The molecular weight excluding hydrogens is 537 g/mol. The van der Waals surface area contributed by atoms with Gasteiger partial charge < -0.3 is 20.3 Å². The van der Waals surface area contributed by atoms with E-state index in [2.05, 4.69) is 34.5 Å². The molecule has 0 atom stereocenters. The third-order valence-corrected chi connectivity index (χ3v) is 5.18. The quantitative estimate of drug-likeness (QED) is 0.271. The monoisotopic (exact) mass is 573 g/mol. The van der Waals surface area contributed by atoms with E-state index in [4.69, 9.17) is 4.74 Å². The van der Waals surface area contributed by atoms with Gasteiger partial charge in [-0.15, -0.1) is 35.3 Å². The zero-order valence-electron chi connectivity index (χ0n) is 19.9. The zero-order chi connectivity index (χ0) is 22.9. The largest absolute Gasteiger partial charge is 0.444 e. The van der Waals surface area contributed by atoms with Crippen molar-refractivity contribution in [3.05, 3.63) is 51.5 Å². The van der Waals surface area contributed by atoms with Crippen molar-refractivity contribution >= 4 is 47.4 Å². The maximum absolute atomic E-state index is 12.1. The lowest BCUT2D eigenvalue weighted by Crippen LogP contribution is -2.38. The smallest absolute Gasteiger partial charge is 0.410 e. The van der Waals surface area contributed by atoms with Crippen LogP contribution < -0.4 is 10.6 Å². The van der Waals surface area contributed by atoms with Crippen LogP contribution in [0.25, 0.3) is 0 Å². The molecule has 2 aromatic rings. The first-order chi connectivity index (χ1) is 14.7. The molecule has 32 heavy (non-hydrogen) atoms. The van der Waals surface area contributed by atoms with E-state index in [0.29, 0.717) is 13.1 Å². The Hall–Kier alpha value is -1.88. The van der Waals surface area contributed by atoms with Crippen molar-refractivity contribution in [1.29, 1.82) is 0 Å². The van der Waals surface area contributed by atoms with Gasteiger partial charge in [-0.25, -0.2) is 14.8 Å². The van der Waals surface area contributed by atoms with E-state index in [1.807, 2.05) is 51.2 Å². The first-order valence-electron chi connectivity index (χ1n) is 10.6. The summed E-state index contributed by atoms with van der Waals surface area (Å²) in [6.07, 6.45) is 2.47. The van der Waals surface area contributed by atoms with Crippen molar-refractivity contribution in [1.82, 2.24) is 20.5 Å². The van der Waals surface area contributed by atoms with Crippen LogP contribution in [0.2, 0.25) is 0 Å². The summed E-state index contributed by atoms with van der Waals surface area (Å²) >= 11 is 1.73. The van der Waals surface area contributed by atoms with E-state index in [1.54, 1.807) is 23.3 Å². The van der Waals surface area contributed by atoms with Crippen LogP contribution in [-0.4, -0.2) is 47.7 Å². The molecule has 7 nitrogen and oxygen atoms in total. The van der Waals surface area contributed by atoms with Crippen LogP contribution in [0.1, 0.15) is 48.7 Å². The van der Waals surface area contributed by atoms with Crippen LogP contribution in [-0.2, 0) is 24.2 Å². The lowest BCUT2D eigenvalue weighted by Gasteiger charge is -2.24. The molecule has 0 spiro atoms. The lowest BCUT2D eigenvalue weighted by molar-refractivity contribution is 0.0285. The number of nitrogens with zero attached hydrogens (tertiary/aromatic N) is 3. The van der Waals surface area contributed by atoms with E-state index in [0.717, 1.165) is 41.6 Å². The van der Waals surface area contributed by atoms with Crippen LogP contribution in [0, 0.1) is 6.92 Å². The molecule has 0 fully saturated rings. The maximum Gasteiger partial charge on any atom is 0.410 e. The number of guanidine groups is 1. The number of hydrogen-bond donors (Lipinski definition) is 2. The average Bonchev–Trinajstić information content (AvgIpc) is 3.11. The highest BCUT2D eigenvalue weighted by Crippen LogP contribution is 2.13. The van der Waals surface area contributed by atoms with Crippen LogP contribution in [0.15, 0.2) is 35.5 Å². The SMILES string of the molecule is CCNC(=NCc1ccc(CN(C)C(=O)OC(C)(C)C)cc1)NCCc1ncc(C)s1.I. The Balaban J connectivity index is 0.00000512. The standard InChI is InChI=1S/C23H35N5O2S.HI/c1-7-24-21(25-13-12-20-26-14-17(2)31-20)27-15-18-8-10-19(11-9-18)16-28(6)22(29)30-23(3,4)5;/h8-11,14H,7,12-13,15-16H2,1-6H3,(H2,24,25,27);1H. The summed E-state index contributed by atoms with van der Waals surface area (Å²) in [4.78, 5) is 24.0. The van der Waals surface area contributed by atoms with Gasteiger partial charge in [0.25, 0.3) is 0 Å². The fourth-order valence-electron chi connectivity index (χ4n) is 2.75. The number of carbonyl (C=O) groups excluding carboxylic acids is 1. The average molecular weight is 574 g/mol. The van der Waals surface area contributed by atoms with Gasteiger partial charge in [0.1, 0.15) is 5.60 Å². The fraction of sp³-hybridized carbons (Fsp3) is 0.522. The Labute approximate surface area is 213 Å². The normalized spacial score (nSPS) is 11.5. The lowest BCUT2D eigenvalue weighted by atomic mass is 10.1. The van der Waals surface area contributed by atoms with Crippen molar-refractivity contribution in [3.8, 4) is 0 Å². The van der Waals surface area contributed by atoms with Gasteiger partial charge in [0, 0.05) is 44.2 Å². The van der Waals surface area contributed by atoms with Crippen molar-refractivity contribution in [2.45, 2.75) is 59.7 Å². The molecule has 1 heterocycles. The van der Waals surface area contributed by atoms with Crippen LogP contribution in [0.4, 0.5) is 4.79 Å². The Morgan fingerprint density at radius 1 is 1.19 bits per heavy atom. The molecule has 178 valence electrons. The van der Waals surface area contributed by atoms with Gasteiger partial charge in [0.2, 0.25) is 0 Å². The van der Waals surface area contributed by atoms with Crippen molar-refractivity contribution in [2.75, 3.05) is 20.1 Å². The van der Waals surface area contributed by atoms with Gasteiger partial charge in [-0.1, -0.05) is 24.3 Å². The van der Waals surface area contributed by atoms with E-state index in [-0.39, 0.29) is 30.1 Å². The fourth-order valence-corrected chi connectivity index (χ4v) is 3.53. The summed E-state index contributed by atoms with van der Waals surface area (Å²) in [5.41, 5.74) is 1.66. The second-order valence-electron chi connectivity index (χ2n) is 8.39. The minimum Gasteiger partial charge on any atom is -0.444 e. The summed E-state index contributed by atoms with van der Waals surface area (Å²) in [6.45, 7) is 12.4. The van der Waals surface area contributed by atoms with Gasteiger partial charge >= 0.3 is 6.09 Å². The second-order valence-corrected chi connectivity index (χ2v) is 9.71. The summed E-state index contributed by atoms with van der Waals surface area (Å²) in [7, 11) is 1.74. The van der Waals surface area contributed by atoms with Crippen molar-refractivity contribution in [3.63, 3.8) is 0 Å². The Kier molecular flexibility index (Phi) is 12.0. The Morgan fingerprint density at radius 2 is 1.84 bits per heavy atom. The molecule has 0 aliphatic heterocycles. The topological polar surface area (TPSA) is 78.9 Å². The van der Waals surface area contributed by atoms with Gasteiger partial charge in [-0.2, -0.15) is 0 Å². The molecule has 1 aromatic carbocycles. The molecular formula is C23H36IN5O2S. The molecule has 0 radical (unpaired) electrons. The molecule has 0 unspecified atom stereocenters. The molecule has 9 heteroatoms. The van der Waals surface area contributed by atoms with Crippen molar-refractivity contribution < 1.29 is 9.53 Å². The molecule has 2 rings (SSSR count). The van der Waals surface area contributed by atoms with Crippen LogP contribution >= 0.6 is 35.3 Å². The second kappa shape index (κ2) is 13.6. The number of aliphatic imine (C=N–C) groups is 1. The Morgan fingerprint density at radius 3 is 2.41 bits per heavy atom. The predicted molar refractivity (Wildman–Crippen MR) is 143 cm³/mol. The number of amides is 1. The molecule has 0 aliphatic rings. The minimum atomic E-state index is -0.495. The number of ether oxygens (including phenoxy) is 1. The van der Waals surface area contributed by atoms with Crippen LogP contribution in [0.5, 0.6) is 0 Å². The summed E-state index contributed by atoms with van der Waals surface area (Å²) in [6, 6.07) is 8.14. The minimum absolute atomic E-state index is 0. The predicted octanol–water partition coefficient (Wildman–Crippen LogP) is 4.73. The summed E-state index contributed by atoms with van der Waals surface area (Å²) in [5.74, 6) is 0.796. The number of aryl methyl sites for hydroxylation is 1. The highest BCUT2D eigenvalue weighted by Gasteiger charge is 2.19. The number of halogens is 1. The molecule has 2 N–H and O–H groups in total. The summed E-state index contributed by atoms with van der Waals surface area (Å²) < 4.78 is 5.40. The van der Waals surface area contributed by atoms with Crippen molar-refractivity contribution in [2.24, 2.45) is 4.99 Å². The number of hydrogen-bond acceptors (Lipinski definition) is 5. The summed E-state index contributed by atoms with van der Waals surface area (Å²) in [5, 5.41) is 7.77. The molecule has 0 saturated heterocycles. The Bertz CT molecular complexity index is 862. The van der Waals surface area contributed by atoms with Gasteiger partial charge in [0.15, 0.2) is 5.96 Å². The van der Waals surface area contributed by atoms with Crippen LogP contribution in [0.3, 0.4) is 0 Å². The number of nitrogens with one attached hydrogen (secondary N) is 2. The van der Waals surface area contributed by atoms with E-state index < -0.39 is 5.60 Å². The zero-order valence-corrected chi connectivity index (χ0v) is 23.0. The van der Waals surface area contributed by atoms with E-state index >= 15 is 0 Å². The third kappa shape index (κ3) is 10.6. The van der Waals surface area contributed by atoms with Gasteiger partial charge in [-0.05, 0) is 45.7 Å². The van der Waals surface area contributed by atoms with Gasteiger partial charge in [0.05, 0.1) is 11.6 Å². The van der Waals surface area contributed by atoms with E-state index in [1.165, 1.54) is 4.88 Å². The number of carbonyl (C=O) groups is 1. The molecule has 1 aromatic heterocycles. The number of thiazole rings is 1.